The molecule has 0 radical (unpaired) electrons. The van der Waals surface area contributed by atoms with Gasteiger partial charge < -0.3 is 5.32 Å². The molecule has 0 atom stereocenters. The van der Waals surface area contributed by atoms with E-state index in [4.69, 9.17) is 12.2 Å². The van der Waals surface area contributed by atoms with Gasteiger partial charge in [-0.15, -0.1) is 0 Å². The van der Waals surface area contributed by atoms with Gasteiger partial charge in [0.2, 0.25) is 0 Å². The topological polar surface area (TPSA) is 46.9 Å². The maximum Gasteiger partial charge on any atom is 0.263 e. The van der Waals surface area contributed by atoms with Crippen LogP contribution >= 0.6 is 24.0 Å². The van der Waals surface area contributed by atoms with Crippen LogP contribution in [0, 0.1) is 12.7 Å². The molecule has 1 amide bonds. The molecule has 0 aliphatic carbocycles. The molecule has 3 aromatic rings. The van der Waals surface area contributed by atoms with E-state index in [9.17, 15) is 9.18 Å². The number of halogens is 1. The zero-order valence-electron chi connectivity index (χ0n) is 14.3. The normalized spacial score (nSPS) is 15.4. The summed E-state index contributed by atoms with van der Waals surface area (Å²) in [6.07, 6.45) is 3.56. The van der Waals surface area contributed by atoms with Gasteiger partial charge in [-0.3, -0.25) is 4.79 Å². The lowest BCUT2D eigenvalue weighted by Gasteiger charge is -2.02. The van der Waals surface area contributed by atoms with Gasteiger partial charge in [0.1, 0.15) is 15.8 Å². The smallest absolute Gasteiger partial charge is 0.263 e. The lowest BCUT2D eigenvalue weighted by molar-refractivity contribution is -0.115. The highest BCUT2D eigenvalue weighted by Crippen LogP contribution is 2.31. The van der Waals surface area contributed by atoms with Crippen LogP contribution in [0.25, 0.3) is 23.0 Å². The average Bonchev–Trinajstić information content (AvgIpc) is 3.21. The Morgan fingerprint density at radius 3 is 2.67 bits per heavy atom. The summed E-state index contributed by atoms with van der Waals surface area (Å²) in [6, 6.07) is 14.6. The molecule has 0 saturated carbocycles. The van der Waals surface area contributed by atoms with Gasteiger partial charge in [-0.1, -0.05) is 54.3 Å². The van der Waals surface area contributed by atoms with Crippen molar-refractivity contribution in [3.8, 4) is 16.9 Å². The van der Waals surface area contributed by atoms with Gasteiger partial charge in [-0.05, 0) is 36.8 Å². The van der Waals surface area contributed by atoms with Crippen LogP contribution in [0.3, 0.4) is 0 Å². The number of hydrogen-bond donors (Lipinski definition) is 1. The van der Waals surface area contributed by atoms with Crippen molar-refractivity contribution in [3.63, 3.8) is 0 Å². The number of aryl methyl sites for hydroxylation is 1. The Morgan fingerprint density at radius 2 is 2.00 bits per heavy atom. The van der Waals surface area contributed by atoms with Gasteiger partial charge in [-0.25, -0.2) is 9.07 Å². The summed E-state index contributed by atoms with van der Waals surface area (Å²) in [6.45, 7) is 1.71. The van der Waals surface area contributed by atoms with Crippen molar-refractivity contribution in [2.75, 3.05) is 0 Å². The predicted octanol–water partition coefficient (Wildman–Crippen LogP) is 4.48. The Bertz CT molecular complexity index is 1090. The van der Waals surface area contributed by atoms with E-state index >= 15 is 0 Å². The summed E-state index contributed by atoms with van der Waals surface area (Å²) in [7, 11) is 0. The summed E-state index contributed by atoms with van der Waals surface area (Å²) in [4.78, 5) is 12.5. The monoisotopic (exact) mass is 395 g/mol. The molecule has 2 heterocycles. The van der Waals surface area contributed by atoms with Crippen molar-refractivity contribution in [2.24, 2.45) is 0 Å². The first-order valence-electron chi connectivity index (χ1n) is 8.18. The Morgan fingerprint density at radius 1 is 1.22 bits per heavy atom. The minimum atomic E-state index is -0.297. The summed E-state index contributed by atoms with van der Waals surface area (Å²) in [5.74, 6) is -0.534. The molecule has 1 aliphatic heterocycles. The Kier molecular flexibility index (Phi) is 4.63. The number of rotatable bonds is 3. The van der Waals surface area contributed by atoms with E-state index in [-0.39, 0.29) is 11.7 Å². The third-order valence-corrected chi connectivity index (χ3v) is 5.30. The third kappa shape index (κ3) is 3.56. The van der Waals surface area contributed by atoms with E-state index in [2.05, 4.69) is 10.4 Å². The third-order valence-electron chi connectivity index (χ3n) is 4.14. The number of thiocarbonyl (C=S) groups is 1. The SMILES string of the molecule is Cc1ccc(-c2nn(-c3ccccc3)cc2C=C2SC(=S)NC2=O)cc1F. The van der Waals surface area contributed by atoms with Crippen LogP contribution in [0.1, 0.15) is 11.1 Å². The standard InChI is InChI=1S/C20H14FN3OS2/c1-12-7-8-13(9-16(12)21)18-14(10-17-19(25)22-20(26)27-17)11-24(23-18)15-5-3-2-4-6-15/h2-11H,1H3,(H,22,25,26). The largest absolute Gasteiger partial charge is 0.307 e. The molecule has 134 valence electrons. The lowest BCUT2D eigenvalue weighted by atomic mass is 10.1. The fraction of sp³-hybridized carbons (Fsp3) is 0.0500. The van der Waals surface area contributed by atoms with Crippen LogP contribution in [0.5, 0.6) is 0 Å². The Labute approximate surface area is 165 Å². The summed E-state index contributed by atoms with van der Waals surface area (Å²) >= 11 is 6.25. The first kappa shape index (κ1) is 17.6. The molecular weight excluding hydrogens is 381 g/mol. The van der Waals surface area contributed by atoms with E-state index in [1.54, 1.807) is 23.7 Å². The fourth-order valence-corrected chi connectivity index (χ4v) is 3.77. The number of carbonyl (C=O) groups is 1. The maximum atomic E-state index is 14.1. The maximum absolute atomic E-state index is 14.1. The van der Waals surface area contributed by atoms with E-state index in [1.807, 2.05) is 42.6 Å². The van der Waals surface area contributed by atoms with Crippen molar-refractivity contribution in [2.45, 2.75) is 6.92 Å². The molecule has 0 unspecified atom stereocenters. The number of nitrogens with one attached hydrogen (secondary N) is 1. The first-order valence-corrected chi connectivity index (χ1v) is 9.40. The van der Waals surface area contributed by atoms with E-state index in [0.717, 1.165) is 5.69 Å². The number of hydrogen-bond acceptors (Lipinski definition) is 4. The van der Waals surface area contributed by atoms with E-state index < -0.39 is 0 Å². The molecule has 1 aromatic heterocycles. The molecular formula is C20H14FN3OS2. The fourth-order valence-electron chi connectivity index (χ4n) is 2.73. The highest BCUT2D eigenvalue weighted by Gasteiger charge is 2.23. The van der Waals surface area contributed by atoms with Gasteiger partial charge >= 0.3 is 0 Å². The molecule has 1 N–H and O–H groups in total. The lowest BCUT2D eigenvalue weighted by Crippen LogP contribution is -2.17. The number of carbonyl (C=O) groups excluding carboxylic acids is 1. The average molecular weight is 395 g/mol. The number of thioether (sulfide) groups is 1. The quantitative estimate of drug-likeness (QED) is 0.525. The number of amides is 1. The van der Waals surface area contributed by atoms with Gasteiger partial charge in [0.15, 0.2) is 0 Å². The van der Waals surface area contributed by atoms with Gasteiger partial charge in [0, 0.05) is 17.3 Å². The number of para-hydroxylation sites is 1. The number of nitrogens with zero attached hydrogens (tertiary/aromatic N) is 2. The molecule has 1 aliphatic rings. The minimum Gasteiger partial charge on any atom is -0.307 e. The zero-order valence-corrected chi connectivity index (χ0v) is 15.9. The Balaban J connectivity index is 1.86. The summed E-state index contributed by atoms with van der Waals surface area (Å²) in [5, 5.41) is 7.24. The second-order valence-electron chi connectivity index (χ2n) is 6.03. The van der Waals surface area contributed by atoms with Crippen molar-refractivity contribution < 1.29 is 9.18 Å². The van der Waals surface area contributed by atoms with Crippen LogP contribution in [0.2, 0.25) is 0 Å². The van der Waals surface area contributed by atoms with E-state index in [1.165, 1.54) is 17.8 Å². The van der Waals surface area contributed by atoms with Crippen LogP contribution in [0.15, 0.2) is 59.6 Å². The van der Waals surface area contributed by atoms with Crippen molar-refractivity contribution >= 4 is 40.3 Å². The van der Waals surface area contributed by atoms with Crippen molar-refractivity contribution in [3.05, 3.63) is 76.6 Å². The van der Waals surface area contributed by atoms with Gasteiger partial charge in [0.05, 0.1) is 10.6 Å². The predicted molar refractivity (Wildman–Crippen MR) is 110 cm³/mol. The second-order valence-corrected chi connectivity index (χ2v) is 7.75. The molecule has 7 heteroatoms. The molecule has 0 bridgehead atoms. The highest BCUT2D eigenvalue weighted by atomic mass is 32.2. The summed E-state index contributed by atoms with van der Waals surface area (Å²) in [5.41, 5.74) is 3.39. The molecule has 0 spiro atoms. The molecule has 2 aromatic carbocycles. The molecule has 4 rings (SSSR count). The van der Waals surface area contributed by atoms with Crippen LogP contribution in [0.4, 0.5) is 4.39 Å². The van der Waals surface area contributed by atoms with Crippen molar-refractivity contribution in [1.29, 1.82) is 0 Å². The van der Waals surface area contributed by atoms with Crippen LogP contribution < -0.4 is 5.32 Å². The molecule has 1 fully saturated rings. The second kappa shape index (κ2) is 7.09. The van der Waals surface area contributed by atoms with E-state index in [0.29, 0.717) is 31.6 Å². The van der Waals surface area contributed by atoms with Crippen molar-refractivity contribution in [1.82, 2.24) is 15.1 Å². The van der Waals surface area contributed by atoms with Gasteiger partial charge in [-0.2, -0.15) is 5.10 Å². The molecule has 1 saturated heterocycles. The number of benzene rings is 2. The number of aromatic nitrogens is 2. The molecule has 4 nitrogen and oxygen atoms in total. The first-order chi connectivity index (χ1) is 13.0. The van der Waals surface area contributed by atoms with Gasteiger partial charge in [0.25, 0.3) is 5.91 Å². The van der Waals surface area contributed by atoms with Crippen LogP contribution in [-0.2, 0) is 4.79 Å². The highest BCUT2D eigenvalue weighted by molar-refractivity contribution is 8.26. The van der Waals surface area contributed by atoms with Crippen LogP contribution in [-0.4, -0.2) is 20.0 Å². The Hall–Kier alpha value is -2.77. The minimum absolute atomic E-state index is 0.238. The zero-order chi connectivity index (χ0) is 19.0. The summed E-state index contributed by atoms with van der Waals surface area (Å²) < 4.78 is 16.2. The molecule has 27 heavy (non-hydrogen) atoms.